The first-order chi connectivity index (χ1) is 14.9. The van der Waals surface area contributed by atoms with Crippen molar-refractivity contribution in [1.82, 2.24) is 14.9 Å². The van der Waals surface area contributed by atoms with E-state index in [1.807, 2.05) is 6.07 Å². The number of carbonyl (C=O) groups is 1. The summed E-state index contributed by atoms with van der Waals surface area (Å²) < 4.78 is 20.9. The molecule has 2 heterocycles. The van der Waals surface area contributed by atoms with Crippen molar-refractivity contribution in [2.45, 2.75) is 45.7 Å². The Kier molecular flexibility index (Phi) is 6.09. The van der Waals surface area contributed by atoms with Crippen LogP contribution in [0.25, 0.3) is 0 Å². The van der Waals surface area contributed by atoms with E-state index in [1.165, 1.54) is 29.2 Å². The molecule has 1 saturated carbocycles. The standard InChI is InChI=1S/C23H23BrFN3O3/c1-13-19(14(2)28(23(30)20(13)24)12-18-26-9-10-31-18)22(29)27-21(15-5-3-6-15)16-7-4-8-17(25)11-16/h4,7-11,15,21H,3,5-6,12H2,1-2H3,(H,27,29). The second-order valence-corrected chi connectivity index (χ2v) is 8.71. The van der Waals surface area contributed by atoms with Crippen molar-refractivity contribution >= 4 is 21.8 Å². The van der Waals surface area contributed by atoms with Crippen molar-refractivity contribution in [3.05, 3.63) is 85.6 Å². The quantitative estimate of drug-likeness (QED) is 0.547. The number of hydrogen-bond donors (Lipinski definition) is 1. The number of amides is 1. The van der Waals surface area contributed by atoms with Gasteiger partial charge in [-0.3, -0.25) is 9.59 Å². The van der Waals surface area contributed by atoms with Gasteiger partial charge in [0.05, 0.1) is 22.3 Å². The second kappa shape index (κ2) is 8.78. The smallest absolute Gasteiger partial charge is 0.265 e. The third kappa shape index (κ3) is 4.21. The van der Waals surface area contributed by atoms with Crippen LogP contribution in [0.15, 0.2) is 50.4 Å². The number of nitrogens with zero attached hydrogens (tertiary/aromatic N) is 2. The van der Waals surface area contributed by atoms with Crippen molar-refractivity contribution in [2.75, 3.05) is 0 Å². The van der Waals surface area contributed by atoms with Gasteiger partial charge >= 0.3 is 0 Å². The molecule has 3 aromatic rings. The minimum Gasteiger partial charge on any atom is -0.447 e. The molecule has 0 bridgehead atoms. The maximum atomic E-state index is 13.9. The molecule has 1 aromatic carbocycles. The van der Waals surface area contributed by atoms with Crippen molar-refractivity contribution in [2.24, 2.45) is 5.92 Å². The minimum absolute atomic E-state index is 0.118. The van der Waals surface area contributed by atoms with Crippen molar-refractivity contribution in [3.8, 4) is 0 Å². The monoisotopic (exact) mass is 487 g/mol. The van der Waals surface area contributed by atoms with E-state index < -0.39 is 0 Å². The van der Waals surface area contributed by atoms with E-state index in [1.54, 1.807) is 19.9 Å². The first-order valence-corrected chi connectivity index (χ1v) is 11.0. The molecule has 162 valence electrons. The van der Waals surface area contributed by atoms with E-state index in [4.69, 9.17) is 4.42 Å². The molecule has 31 heavy (non-hydrogen) atoms. The molecule has 1 unspecified atom stereocenters. The zero-order valence-corrected chi connectivity index (χ0v) is 18.9. The van der Waals surface area contributed by atoms with Crippen LogP contribution in [0.2, 0.25) is 0 Å². The Morgan fingerprint density at radius 2 is 2.16 bits per heavy atom. The lowest BCUT2D eigenvalue weighted by molar-refractivity contribution is 0.0898. The lowest BCUT2D eigenvalue weighted by atomic mass is 9.77. The van der Waals surface area contributed by atoms with Gasteiger partial charge in [-0.25, -0.2) is 9.37 Å². The second-order valence-electron chi connectivity index (χ2n) is 7.91. The first-order valence-electron chi connectivity index (χ1n) is 10.2. The topological polar surface area (TPSA) is 77.1 Å². The van der Waals surface area contributed by atoms with E-state index in [2.05, 4.69) is 26.2 Å². The number of oxazole rings is 1. The molecule has 0 saturated heterocycles. The van der Waals surface area contributed by atoms with Crippen LogP contribution in [0.5, 0.6) is 0 Å². The molecule has 0 radical (unpaired) electrons. The number of aromatic nitrogens is 2. The molecule has 1 amide bonds. The van der Waals surface area contributed by atoms with E-state index in [-0.39, 0.29) is 35.8 Å². The molecular weight excluding hydrogens is 465 g/mol. The number of rotatable bonds is 6. The van der Waals surface area contributed by atoms with E-state index in [9.17, 15) is 14.0 Å². The maximum absolute atomic E-state index is 13.9. The fourth-order valence-electron chi connectivity index (χ4n) is 4.10. The van der Waals surface area contributed by atoms with Crippen LogP contribution >= 0.6 is 15.9 Å². The van der Waals surface area contributed by atoms with Gasteiger partial charge in [0.2, 0.25) is 5.89 Å². The van der Waals surface area contributed by atoms with Gasteiger partial charge < -0.3 is 14.3 Å². The van der Waals surface area contributed by atoms with Gasteiger partial charge in [0.25, 0.3) is 11.5 Å². The molecule has 1 N–H and O–H groups in total. The van der Waals surface area contributed by atoms with Gasteiger partial charge in [0.15, 0.2) is 0 Å². The van der Waals surface area contributed by atoms with Crippen LogP contribution in [0.4, 0.5) is 4.39 Å². The number of carbonyl (C=O) groups excluding carboxylic acids is 1. The molecule has 6 nitrogen and oxygen atoms in total. The number of halogens is 2. The van der Waals surface area contributed by atoms with Gasteiger partial charge in [-0.2, -0.15) is 0 Å². The lowest BCUT2D eigenvalue weighted by Crippen LogP contribution is -2.38. The first kappa shape index (κ1) is 21.5. The Labute approximate surface area is 187 Å². The SMILES string of the molecule is Cc1c(C(=O)NC(c2cccc(F)c2)C2CCC2)c(C)n(Cc2ncco2)c(=O)c1Br. The highest BCUT2D eigenvalue weighted by Crippen LogP contribution is 2.38. The van der Waals surface area contributed by atoms with Crippen LogP contribution in [0.3, 0.4) is 0 Å². The molecule has 1 aliphatic carbocycles. The van der Waals surface area contributed by atoms with Crippen LogP contribution < -0.4 is 10.9 Å². The fraction of sp³-hybridized carbons (Fsp3) is 0.348. The summed E-state index contributed by atoms with van der Waals surface area (Å²) in [6.07, 6.45) is 6.00. The molecular formula is C23H23BrFN3O3. The zero-order valence-electron chi connectivity index (χ0n) is 17.3. The normalized spacial score (nSPS) is 14.8. The Hall–Kier alpha value is -2.74. The number of nitrogens with one attached hydrogen (secondary N) is 1. The zero-order chi connectivity index (χ0) is 22.1. The van der Waals surface area contributed by atoms with Crippen molar-refractivity contribution in [1.29, 1.82) is 0 Å². The molecule has 0 aliphatic heterocycles. The van der Waals surface area contributed by atoms with Crippen molar-refractivity contribution < 1.29 is 13.6 Å². The summed E-state index contributed by atoms with van der Waals surface area (Å²) in [6.45, 7) is 3.59. The maximum Gasteiger partial charge on any atom is 0.265 e. The predicted molar refractivity (Wildman–Crippen MR) is 117 cm³/mol. The number of benzene rings is 1. The van der Waals surface area contributed by atoms with Crippen LogP contribution in [-0.4, -0.2) is 15.5 Å². The van der Waals surface area contributed by atoms with E-state index in [0.29, 0.717) is 27.2 Å². The summed E-state index contributed by atoms with van der Waals surface area (Å²) in [4.78, 5) is 30.3. The van der Waals surface area contributed by atoms with Gasteiger partial charge in [0, 0.05) is 5.69 Å². The molecule has 1 fully saturated rings. The van der Waals surface area contributed by atoms with E-state index >= 15 is 0 Å². The highest BCUT2D eigenvalue weighted by atomic mass is 79.9. The van der Waals surface area contributed by atoms with Gasteiger partial charge in [0.1, 0.15) is 18.6 Å². The Balaban J connectivity index is 1.71. The highest BCUT2D eigenvalue weighted by Gasteiger charge is 2.31. The van der Waals surface area contributed by atoms with Gasteiger partial charge in [-0.05, 0) is 71.8 Å². The predicted octanol–water partition coefficient (Wildman–Crippen LogP) is 4.67. The third-order valence-corrected chi connectivity index (χ3v) is 6.96. The summed E-state index contributed by atoms with van der Waals surface area (Å²) in [7, 11) is 0. The third-order valence-electron chi connectivity index (χ3n) is 6.02. The number of pyridine rings is 1. The minimum atomic E-state index is -0.328. The average Bonchev–Trinajstić information content (AvgIpc) is 3.21. The van der Waals surface area contributed by atoms with Gasteiger partial charge in [-0.1, -0.05) is 18.6 Å². The fourth-order valence-corrected chi connectivity index (χ4v) is 4.51. The summed E-state index contributed by atoms with van der Waals surface area (Å²) in [5.74, 6) is 0.0103. The Bertz CT molecular complexity index is 1170. The van der Waals surface area contributed by atoms with Gasteiger partial charge in [-0.15, -0.1) is 0 Å². The summed E-state index contributed by atoms with van der Waals surface area (Å²) >= 11 is 3.35. The van der Waals surface area contributed by atoms with Crippen LogP contribution in [-0.2, 0) is 6.54 Å². The summed E-state index contributed by atoms with van der Waals surface area (Å²) in [6, 6.07) is 6.08. The molecule has 0 spiro atoms. The Morgan fingerprint density at radius 3 is 2.77 bits per heavy atom. The lowest BCUT2D eigenvalue weighted by Gasteiger charge is -2.35. The Morgan fingerprint density at radius 1 is 1.39 bits per heavy atom. The van der Waals surface area contributed by atoms with Crippen LogP contribution in [0.1, 0.15) is 58.4 Å². The average molecular weight is 488 g/mol. The molecule has 1 atom stereocenters. The van der Waals surface area contributed by atoms with Crippen molar-refractivity contribution in [3.63, 3.8) is 0 Å². The molecule has 4 rings (SSSR count). The number of hydrogen-bond acceptors (Lipinski definition) is 4. The summed E-state index contributed by atoms with van der Waals surface area (Å²) in [5.41, 5.74) is 1.99. The van der Waals surface area contributed by atoms with Crippen LogP contribution in [0, 0.1) is 25.6 Å². The summed E-state index contributed by atoms with van der Waals surface area (Å²) in [5, 5.41) is 3.11. The molecule has 1 aliphatic rings. The largest absolute Gasteiger partial charge is 0.447 e. The van der Waals surface area contributed by atoms with E-state index in [0.717, 1.165) is 24.8 Å². The highest BCUT2D eigenvalue weighted by molar-refractivity contribution is 9.10. The molecule has 8 heteroatoms. The molecule has 2 aromatic heterocycles.